The van der Waals surface area contributed by atoms with Crippen molar-refractivity contribution < 1.29 is 0 Å². The largest absolute Gasteiger partial charge is 0.100 e. The SMILES string of the molecule is C=C(C)CCCC(C)CBr. The normalized spacial score (nSPS) is 13.1. The summed E-state index contributed by atoms with van der Waals surface area (Å²) in [7, 11) is 0. The van der Waals surface area contributed by atoms with Crippen molar-refractivity contribution in [1.29, 1.82) is 0 Å². The Morgan fingerprint density at radius 1 is 1.60 bits per heavy atom. The zero-order chi connectivity index (χ0) is 7.98. The molecule has 1 atom stereocenters. The number of hydrogen-bond acceptors (Lipinski definition) is 0. The lowest BCUT2D eigenvalue weighted by Crippen LogP contribution is -1.94. The fourth-order valence-electron chi connectivity index (χ4n) is 0.829. The third-order valence-corrected chi connectivity index (χ3v) is 2.67. The summed E-state index contributed by atoms with van der Waals surface area (Å²) >= 11 is 3.46. The van der Waals surface area contributed by atoms with Gasteiger partial charge >= 0.3 is 0 Å². The molecule has 0 aliphatic heterocycles. The minimum atomic E-state index is 0.819. The molecule has 0 aromatic carbocycles. The summed E-state index contributed by atoms with van der Waals surface area (Å²) in [6, 6.07) is 0. The fourth-order valence-corrected chi connectivity index (χ4v) is 1.15. The quantitative estimate of drug-likeness (QED) is 0.473. The van der Waals surface area contributed by atoms with E-state index < -0.39 is 0 Å². The Balaban J connectivity index is 3.11. The van der Waals surface area contributed by atoms with Crippen molar-refractivity contribution in [3.63, 3.8) is 0 Å². The first-order valence-corrected chi connectivity index (χ1v) is 4.99. The van der Waals surface area contributed by atoms with Crippen LogP contribution in [-0.4, -0.2) is 5.33 Å². The van der Waals surface area contributed by atoms with E-state index in [-0.39, 0.29) is 0 Å². The molecule has 0 N–H and O–H groups in total. The fraction of sp³-hybridized carbons (Fsp3) is 0.778. The Morgan fingerprint density at radius 2 is 2.20 bits per heavy atom. The van der Waals surface area contributed by atoms with E-state index in [9.17, 15) is 0 Å². The Hall–Kier alpha value is 0.220. The van der Waals surface area contributed by atoms with E-state index in [1.165, 1.54) is 24.8 Å². The molecule has 10 heavy (non-hydrogen) atoms. The van der Waals surface area contributed by atoms with Crippen molar-refractivity contribution in [1.82, 2.24) is 0 Å². The van der Waals surface area contributed by atoms with E-state index in [2.05, 4.69) is 36.4 Å². The Morgan fingerprint density at radius 3 is 2.60 bits per heavy atom. The van der Waals surface area contributed by atoms with Crippen molar-refractivity contribution in [2.45, 2.75) is 33.1 Å². The Bertz CT molecular complexity index is 96.9. The summed E-state index contributed by atoms with van der Waals surface area (Å²) in [6.07, 6.45) is 3.80. The minimum absolute atomic E-state index is 0.819. The predicted octanol–water partition coefficient (Wildman–Crippen LogP) is 3.76. The van der Waals surface area contributed by atoms with Gasteiger partial charge in [0.15, 0.2) is 0 Å². The molecule has 0 fully saturated rings. The van der Waals surface area contributed by atoms with Gasteiger partial charge in [0.2, 0.25) is 0 Å². The van der Waals surface area contributed by atoms with Gasteiger partial charge in [0.1, 0.15) is 0 Å². The second-order valence-electron chi connectivity index (χ2n) is 3.11. The van der Waals surface area contributed by atoms with Crippen LogP contribution in [0.2, 0.25) is 0 Å². The summed E-state index contributed by atoms with van der Waals surface area (Å²) in [5, 5.41) is 1.13. The highest BCUT2D eigenvalue weighted by molar-refractivity contribution is 9.09. The van der Waals surface area contributed by atoms with Gasteiger partial charge in [-0.2, -0.15) is 0 Å². The molecule has 0 bridgehead atoms. The van der Waals surface area contributed by atoms with Gasteiger partial charge in [0.25, 0.3) is 0 Å². The van der Waals surface area contributed by atoms with Crippen LogP contribution in [0.1, 0.15) is 33.1 Å². The summed E-state index contributed by atoms with van der Waals surface area (Å²) in [4.78, 5) is 0. The maximum atomic E-state index is 3.87. The molecule has 0 aromatic rings. The molecule has 0 radical (unpaired) electrons. The van der Waals surface area contributed by atoms with Gasteiger partial charge in [-0.25, -0.2) is 0 Å². The van der Waals surface area contributed by atoms with Gasteiger partial charge in [-0.05, 0) is 32.1 Å². The number of allylic oxidation sites excluding steroid dienone is 1. The number of halogens is 1. The van der Waals surface area contributed by atoms with Gasteiger partial charge in [-0.3, -0.25) is 0 Å². The third-order valence-electron chi connectivity index (χ3n) is 1.56. The molecule has 0 heterocycles. The molecule has 0 saturated carbocycles. The van der Waals surface area contributed by atoms with Crippen LogP contribution in [0, 0.1) is 5.92 Å². The highest BCUT2D eigenvalue weighted by Crippen LogP contribution is 2.12. The Kier molecular flexibility index (Phi) is 6.10. The first-order valence-electron chi connectivity index (χ1n) is 3.87. The van der Waals surface area contributed by atoms with E-state index in [1.807, 2.05) is 0 Å². The van der Waals surface area contributed by atoms with Crippen molar-refractivity contribution in [2.75, 3.05) is 5.33 Å². The molecule has 1 heteroatoms. The first kappa shape index (κ1) is 10.2. The summed E-state index contributed by atoms with van der Waals surface area (Å²) < 4.78 is 0. The maximum Gasteiger partial charge on any atom is 0.00570 e. The first-order chi connectivity index (χ1) is 4.66. The zero-order valence-corrected chi connectivity index (χ0v) is 8.58. The van der Waals surface area contributed by atoms with Crippen molar-refractivity contribution in [3.8, 4) is 0 Å². The van der Waals surface area contributed by atoms with Crippen LogP contribution in [0.25, 0.3) is 0 Å². The van der Waals surface area contributed by atoms with Crippen LogP contribution in [0.15, 0.2) is 12.2 Å². The highest BCUT2D eigenvalue weighted by atomic mass is 79.9. The third kappa shape index (κ3) is 6.34. The van der Waals surface area contributed by atoms with Gasteiger partial charge in [-0.15, -0.1) is 6.58 Å². The monoisotopic (exact) mass is 204 g/mol. The lowest BCUT2D eigenvalue weighted by Gasteiger charge is -2.05. The van der Waals surface area contributed by atoms with Crippen molar-refractivity contribution in [2.24, 2.45) is 5.92 Å². The Labute approximate surface area is 72.8 Å². The molecule has 0 aliphatic rings. The molecule has 0 aromatic heterocycles. The number of hydrogen-bond donors (Lipinski definition) is 0. The molecule has 0 saturated heterocycles. The van der Waals surface area contributed by atoms with Gasteiger partial charge < -0.3 is 0 Å². The van der Waals surface area contributed by atoms with Crippen LogP contribution < -0.4 is 0 Å². The van der Waals surface area contributed by atoms with E-state index in [1.54, 1.807) is 0 Å². The maximum absolute atomic E-state index is 3.87. The highest BCUT2D eigenvalue weighted by Gasteiger charge is 1.98. The van der Waals surface area contributed by atoms with Crippen LogP contribution in [0.3, 0.4) is 0 Å². The zero-order valence-electron chi connectivity index (χ0n) is 6.99. The summed E-state index contributed by atoms with van der Waals surface area (Å²) in [5.41, 5.74) is 1.31. The molecular formula is C9H17Br. The smallest absolute Gasteiger partial charge is 0.00570 e. The second kappa shape index (κ2) is 5.96. The molecule has 0 nitrogen and oxygen atoms in total. The standard InChI is InChI=1S/C9H17Br/c1-8(2)5-4-6-9(3)7-10/h9H,1,4-7H2,2-3H3. The van der Waals surface area contributed by atoms with Gasteiger partial charge in [0, 0.05) is 5.33 Å². The summed E-state index contributed by atoms with van der Waals surface area (Å²) in [5.74, 6) is 0.819. The van der Waals surface area contributed by atoms with Crippen LogP contribution in [0.5, 0.6) is 0 Å². The number of alkyl halides is 1. The average molecular weight is 205 g/mol. The van der Waals surface area contributed by atoms with E-state index in [0.717, 1.165) is 11.2 Å². The number of rotatable bonds is 5. The van der Waals surface area contributed by atoms with E-state index in [0.29, 0.717) is 0 Å². The topological polar surface area (TPSA) is 0 Å². The van der Waals surface area contributed by atoms with Gasteiger partial charge in [-0.1, -0.05) is 28.4 Å². The van der Waals surface area contributed by atoms with Crippen LogP contribution in [0.4, 0.5) is 0 Å². The van der Waals surface area contributed by atoms with Crippen molar-refractivity contribution in [3.05, 3.63) is 12.2 Å². The molecule has 60 valence electrons. The summed E-state index contributed by atoms with van der Waals surface area (Å²) in [6.45, 7) is 8.23. The molecule has 0 amide bonds. The lowest BCUT2D eigenvalue weighted by atomic mass is 10.0. The van der Waals surface area contributed by atoms with Crippen LogP contribution >= 0.6 is 15.9 Å². The van der Waals surface area contributed by atoms with E-state index in [4.69, 9.17) is 0 Å². The molecule has 0 spiro atoms. The van der Waals surface area contributed by atoms with E-state index >= 15 is 0 Å². The van der Waals surface area contributed by atoms with Crippen molar-refractivity contribution >= 4 is 15.9 Å². The molecule has 0 rings (SSSR count). The predicted molar refractivity (Wildman–Crippen MR) is 51.6 cm³/mol. The molecule has 1 unspecified atom stereocenters. The molecular weight excluding hydrogens is 188 g/mol. The lowest BCUT2D eigenvalue weighted by molar-refractivity contribution is 0.566. The minimum Gasteiger partial charge on any atom is -0.100 e. The van der Waals surface area contributed by atoms with Gasteiger partial charge in [0.05, 0.1) is 0 Å². The molecule has 0 aliphatic carbocycles. The average Bonchev–Trinajstić information content (AvgIpc) is 1.87. The second-order valence-corrected chi connectivity index (χ2v) is 3.76. The van der Waals surface area contributed by atoms with Crippen LogP contribution in [-0.2, 0) is 0 Å².